The van der Waals surface area contributed by atoms with Gasteiger partial charge in [0.05, 0.1) is 4.47 Å². The van der Waals surface area contributed by atoms with Gasteiger partial charge in [0.15, 0.2) is 0 Å². The van der Waals surface area contributed by atoms with Crippen LogP contribution in [0.15, 0.2) is 51.4 Å². The Morgan fingerprint density at radius 1 is 1.00 bits per heavy atom. The van der Waals surface area contributed by atoms with Crippen molar-refractivity contribution in [1.29, 1.82) is 0 Å². The highest BCUT2D eigenvalue weighted by atomic mass is 79.9. The molecule has 0 atom stereocenters. The van der Waals surface area contributed by atoms with Crippen molar-refractivity contribution in [2.45, 2.75) is 24.8 Å². The standard InChI is InChI=1S/C16H14Br2FN/c17-12-3-1-10(2-4-12)11-7-14(8-11)20-13-5-6-16(19)15(18)9-13/h1-6,9,11,14,20H,7-8H2. The molecule has 0 unspecified atom stereocenters. The molecule has 1 aliphatic rings. The molecule has 0 aromatic heterocycles. The van der Waals surface area contributed by atoms with E-state index in [2.05, 4.69) is 61.4 Å². The minimum Gasteiger partial charge on any atom is -0.382 e. The summed E-state index contributed by atoms with van der Waals surface area (Å²) in [6.45, 7) is 0. The average molecular weight is 399 g/mol. The third kappa shape index (κ3) is 3.07. The molecular formula is C16H14Br2FN. The monoisotopic (exact) mass is 397 g/mol. The Kier molecular flexibility index (Phi) is 4.13. The maximum absolute atomic E-state index is 13.2. The van der Waals surface area contributed by atoms with E-state index in [1.54, 1.807) is 12.1 Å². The van der Waals surface area contributed by atoms with Crippen molar-refractivity contribution in [1.82, 2.24) is 0 Å². The van der Waals surface area contributed by atoms with Crippen LogP contribution in [0.2, 0.25) is 0 Å². The molecule has 0 heterocycles. The van der Waals surface area contributed by atoms with E-state index < -0.39 is 0 Å². The van der Waals surface area contributed by atoms with Crippen LogP contribution in [0.25, 0.3) is 0 Å². The highest BCUT2D eigenvalue weighted by Crippen LogP contribution is 2.39. The number of benzene rings is 2. The van der Waals surface area contributed by atoms with Crippen molar-refractivity contribution >= 4 is 37.5 Å². The zero-order valence-corrected chi connectivity index (χ0v) is 13.9. The molecule has 0 aliphatic heterocycles. The summed E-state index contributed by atoms with van der Waals surface area (Å²) in [6.07, 6.45) is 2.24. The van der Waals surface area contributed by atoms with Crippen LogP contribution in [0.5, 0.6) is 0 Å². The van der Waals surface area contributed by atoms with Crippen LogP contribution in [-0.2, 0) is 0 Å². The third-order valence-electron chi connectivity index (χ3n) is 3.77. The molecule has 3 rings (SSSR count). The molecule has 104 valence electrons. The molecule has 2 aromatic carbocycles. The lowest BCUT2D eigenvalue weighted by atomic mass is 9.76. The molecule has 1 saturated carbocycles. The lowest BCUT2D eigenvalue weighted by Crippen LogP contribution is -2.33. The van der Waals surface area contributed by atoms with Gasteiger partial charge in [-0.15, -0.1) is 0 Å². The summed E-state index contributed by atoms with van der Waals surface area (Å²) in [7, 11) is 0. The van der Waals surface area contributed by atoms with Gasteiger partial charge in [0.2, 0.25) is 0 Å². The number of halogens is 3. The lowest BCUT2D eigenvalue weighted by Gasteiger charge is -2.37. The number of rotatable bonds is 3. The summed E-state index contributed by atoms with van der Waals surface area (Å²) in [5.41, 5.74) is 2.36. The van der Waals surface area contributed by atoms with E-state index in [0.29, 0.717) is 16.4 Å². The smallest absolute Gasteiger partial charge is 0.137 e. The summed E-state index contributed by atoms with van der Waals surface area (Å²) in [6, 6.07) is 14.1. The predicted octanol–water partition coefficient (Wildman–Crippen LogP) is 5.71. The first kappa shape index (κ1) is 14.1. The van der Waals surface area contributed by atoms with Crippen LogP contribution in [-0.4, -0.2) is 6.04 Å². The van der Waals surface area contributed by atoms with Crippen LogP contribution in [0, 0.1) is 5.82 Å². The minimum atomic E-state index is -0.225. The van der Waals surface area contributed by atoms with E-state index in [1.165, 1.54) is 11.6 Å². The van der Waals surface area contributed by atoms with Crippen molar-refractivity contribution in [3.8, 4) is 0 Å². The first-order chi connectivity index (χ1) is 9.61. The number of nitrogens with one attached hydrogen (secondary N) is 1. The quantitative estimate of drug-likeness (QED) is 0.698. The Hall–Kier alpha value is -0.870. The average Bonchev–Trinajstić information content (AvgIpc) is 2.39. The largest absolute Gasteiger partial charge is 0.382 e. The zero-order chi connectivity index (χ0) is 14.1. The second-order valence-electron chi connectivity index (χ2n) is 5.19. The van der Waals surface area contributed by atoms with E-state index in [4.69, 9.17) is 0 Å². The maximum atomic E-state index is 13.2. The molecule has 1 fully saturated rings. The van der Waals surface area contributed by atoms with Gasteiger partial charge in [-0.25, -0.2) is 4.39 Å². The van der Waals surface area contributed by atoms with Gasteiger partial charge in [-0.2, -0.15) is 0 Å². The van der Waals surface area contributed by atoms with Crippen LogP contribution in [0.3, 0.4) is 0 Å². The van der Waals surface area contributed by atoms with Gasteiger partial charge in [0.25, 0.3) is 0 Å². The van der Waals surface area contributed by atoms with Gasteiger partial charge in [0.1, 0.15) is 5.82 Å². The molecule has 0 amide bonds. The fourth-order valence-corrected chi connectivity index (χ4v) is 3.21. The van der Waals surface area contributed by atoms with Crippen molar-refractivity contribution in [2.75, 3.05) is 5.32 Å². The highest BCUT2D eigenvalue weighted by Gasteiger charge is 2.30. The second-order valence-corrected chi connectivity index (χ2v) is 6.96. The molecule has 2 aromatic rings. The Morgan fingerprint density at radius 3 is 2.35 bits per heavy atom. The molecule has 1 nitrogen and oxygen atoms in total. The lowest BCUT2D eigenvalue weighted by molar-refractivity contribution is 0.374. The number of anilines is 1. The van der Waals surface area contributed by atoms with Crippen molar-refractivity contribution in [3.63, 3.8) is 0 Å². The minimum absolute atomic E-state index is 0.225. The van der Waals surface area contributed by atoms with Gasteiger partial charge in [-0.1, -0.05) is 28.1 Å². The van der Waals surface area contributed by atoms with Crippen LogP contribution in [0.1, 0.15) is 24.3 Å². The molecule has 1 aliphatic carbocycles. The van der Waals surface area contributed by atoms with Crippen molar-refractivity contribution < 1.29 is 4.39 Å². The highest BCUT2D eigenvalue weighted by molar-refractivity contribution is 9.10. The molecule has 0 radical (unpaired) electrons. The van der Waals surface area contributed by atoms with Gasteiger partial charge < -0.3 is 5.32 Å². The van der Waals surface area contributed by atoms with E-state index >= 15 is 0 Å². The topological polar surface area (TPSA) is 12.0 Å². The van der Waals surface area contributed by atoms with E-state index in [1.807, 2.05) is 0 Å². The maximum Gasteiger partial charge on any atom is 0.137 e. The summed E-state index contributed by atoms with van der Waals surface area (Å²) >= 11 is 6.67. The zero-order valence-electron chi connectivity index (χ0n) is 10.7. The van der Waals surface area contributed by atoms with Gasteiger partial charge in [-0.05, 0) is 70.6 Å². The Bertz CT molecular complexity index is 606. The van der Waals surface area contributed by atoms with Crippen LogP contribution >= 0.6 is 31.9 Å². The van der Waals surface area contributed by atoms with Crippen molar-refractivity contribution in [3.05, 3.63) is 62.8 Å². The normalized spacial score (nSPS) is 21.4. The third-order valence-corrected chi connectivity index (χ3v) is 4.91. The van der Waals surface area contributed by atoms with E-state index in [9.17, 15) is 4.39 Å². The Morgan fingerprint density at radius 2 is 1.70 bits per heavy atom. The van der Waals surface area contributed by atoms with Crippen LogP contribution in [0.4, 0.5) is 10.1 Å². The fraction of sp³-hybridized carbons (Fsp3) is 0.250. The molecule has 4 heteroatoms. The number of hydrogen-bond donors (Lipinski definition) is 1. The first-order valence-corrected chi connectivity index (χ1v) is 8.17. The second kappa shape index (κ2) is 5.86. The Labute approximate surface area is 134 Å². The molecule has 0 bridgehead atoms. The van der Waals surface area contributed by atoms with Crippen LogP contribution < -0.4 is 5.32 Å². The summed E-state index contributed by atoms with van der Waals surface area (Å²) in [5.74, 6) is 0.404. The molecule has 20 heavy (non-hydrogen) atoms. The van der Waals surface area contributed by atoms with E-state index in [0.717, 1.165) is 23.0 Å². The van der Waals surface area contributed by atoms with Gasteiger partial charge >= 0.3 is 0 Å². The van der Waals surface area contributed by atoms with E-state index in [-0.39, 0.29) is 5.82 Å². The SMILES string of the molecule is Fc1ccc(NC2CC(c3ccc(Br)cc3)C2)cc1Br. The summed E-state index contributed by atoms with van der Waals surface area (Å²) < 4.78 is 14.8. The predicted molar refractivity (Wildman–Crippen MR) is 87.6 cm³/mol. The molecule has 0 spiro atoms. The first-order valence-electron chi connectivity index (χ1n) is 6.59. The molecule has 1 N–H and O–H groups in total. The van der Waals surface area contributed by atoms with Crippen molar-refractivity contribution in [2.24, 2.45) is 0 Å². The molecule has 0 saturated heterocycles. The summed E-state index contributed by atoms with van der Waals surface area (Å²) in [5, 5.41) is 3.45. The Balaban J connectivity index is 1.58. The summed E-state index contributed by atoms with van der Waals surface area (Å²) in [4.78, 5) is 0. The number of hydrogen-bond acceptors (Lipinski definition) is 1. The molecular weight excluding hydrogens is 385 g/mol. The fourth-order valence-electron chi connectivity index (χ4n) is 2.56. The van der Waals surface area contributed by atoms with Gasteiger partial charge in [-0.3, -0.25) is 0 Å². The van der Waals surface area contributed by atoms with Gasteiger partial charge in [0, 0.05) is 16.2 Å².